The van der Waals surface area contributed by atoms with E-state index in [0.717, 1.165) is 0 Å². The molecule has 0 amide bonds. The molecule has 0 saturated carbocycles. The van der Waals surface area contributed by atoms with E-state index < -0.39 is 0 Å². The number of aromatic nitrogens is 2. The quantitative estimate of drug-likeness (QED) is 0.882. The molecule has 0 bridgehead atoms. The minimum absolute atomic E-state index is 0.276. The lowest BCUT2D eigenvalue weighted by Crippen LogP contribution is -1.99. The SMILES string of the molecule is CNc1cc(Nc2cc(Cl)ccc2F)ncn1. The van der Waals surface area contributed by atoms with Crippen LogP contribution >= 0.6 is 11.6 Å². The van der Waals surface area contributed by atoms with Gasteiger partial charge in [-0.1, -0.05) is 11.6 Å². The van der Waals surface area contributed by atoms with Gasteiger partial charge in [-0.25, -0.2) is 14.4 Å². The molecule has 0 radical (unpaired) electrons. The maximum absolute atomic E-state index is 13.5. The largest absolute Gasteiger partial charge is 0.373 e. The first-order valence-electron chi connectivity index (χ1n) is 4.91. The van der Waals surface area contributed by atoms with Crippen molar-refractivity contribution in [2.75, 3.05) is 17.7 Å². The molecule has 88 valence electrons. The lowest BCUT2D eigenvalue weighted by atomic mass is 10.3. The molecule has 0 aliphatic rings. The van der Waals surface area contributed by atoms with Gasteiger partial charge in [-0.3, -0.25) is 0 Å². The second-order valence-corrected chi connectivity index (χ2v) is 3.72. The van der Waals surface area contributed by atoms with Gasteiger partial charge >= 0.3 is 0 Å². The normalized spacial score (nSPS) is 10.1. The van der Waals surface area contributed by atoms with Crippen molar-refractivity contribution in [2.45, 2.75) is 0 Å². The molecule has 1 aromatic heterocycles. The van der Waals surface area contributed by atoms with Crippen molar-refractivity contribution in [2.24, 2.45) is 0 Å². The van der Waals surface area contributed by atoms with E-state index in [1.54, 1.807) is 13.1 Å². The van der Waals surface area contributed by atoms with E-state index in [-0.39, 0.29) is 11.5 Å². The van der Waals surface area contributed by atoms with Gasteiger partial charge in [0.25, 0.3) is 0 Å². The average Bonchev–Trinajstić information content (AvgIpc) is 2.34. The predicted octanol–water partition coefficient (Wildman–Crippen LogP) is 3.05. The van der Waals surface area contributed by atoms with Crippen LogP contribution in [-0.4, -0.2) is 17.0 Å². The van der Waals surface area contributed by atoms with Crippen LogP contribution in [0.3, 0.4) is 0 Å². The molecule has 17 heavy (non-hydrogen) atoms. The molecule has 2 rings (SSSR count). The number of benzene rings is 1. The minimum atomic E-state index is -0.390. The van der Waals surface area contributed by atoms with E-state index in [2.05, 4.69) is 20.6 Å². The number of nitrogens with zero attached hydrogens (tertiary/aromatic N) is 2. The van der Waals surface area contributed by atoms with Crippen LogP contribution in [0.25, 0.3) is 0 Å². The molecule has 0 fully saturated rings. The summed E-state index contributed by atoms with van der Waals surface area (Å²) in [6.45, 7) is 0. The summed E-state index contributed by atoms with van der Waals surface area (Å²) in [4.78, 5) is 7.94. The Kier molecular flexibility index (Phi) is 3.39. The molecule has 0 saturated heterocycles. The summed E-state index contributed by atoms with van der Waals surface area (Å²) in [5, 5.41) is 6.16. The van der Waals surface area contributed by atoms with Crippen LogP contribution in [0.5, 0.6) is 0 Å². The van der Waals surface area contributed by atoms with Gasteiger partial charge in [0.1, 0.15) is 23.8 Å². The van der Waals surface area contributed by atoms with Crippen LogP contribution in [0.4, 0.5) is 21.7 Å². The molecule has 4 nitrogen and oxygen atoms in total. The van der Waals surface area contributed by atoms with Crippen molar-refractivity contribution in [1.82, 2.24) is 9.97 Å². The fraction of sp³-hybridized carbons (Fsp3) is 0.0909. The Labute approximate surface area is 103 Å². The lowest BCUT2D eigenvalue weighted by molar-refractivity contribution is 0.632. The molecule has 1 aromatic carbocycles. The van der Waals surface area contributed by atoms with E-state index in [9.17, 15) is 4.39 Å². The van der Waals surface area contributed by atoms with E-state index in [1.165, 1.54) is 24.5 Å². The average molecular weight is 253 g/mol. The maximum atomic E-state index is 13.5. The molecule has 2 aromatic rings. The predicted molar refractivity (Wildman–Crippen MR) is 66.3 cm³/mol. The van der Waals surface area contributed by atoms with Crippen LogP contribution in [0, 0.1) is 5.82 Å². The van der Waals surface area contributed by atoms with Crippen molar-refractivity contribution in [1.29, 1.82) is 0 Å². The summed E-state index contributed by atoms with van der Waals surface area (Å²) in [5.74, 6) is 0.745. The van der Waals surface area contributed by atoms with Gasteiger partial charge in [0.05, 0.1) is 5.69 Å². The van der Waals surface area contributed by atoms with Crippen LogP contribution < -0.4 is 10.6 Å². The summed E-state index contributed by atoms with van der Waals surface area (Å²) >= 11 is 5.79. The van der Waals surface area contributed by atoms with E-state index in [0.29, 0.717) is 16.7 Å². The number of halogens is 2. The molecule has 0 spiro atoms. The molecule has 0 atom stereocenters. The highest BCUT2D eigenvalue weighted by Gasteiger charge is 2.04. The van der Waals surface area contributed by atoms with Gasteiger partial charge in [-0.2, -0.15) is 0 Å². The zero-order chi connectivity index (χ0) is 12.3. The summed E-state index contributed by atoms with van der Waals surface area (Å²) in [7, 11) is 1.74. The highest BCUT2D eigenvalue weighted by atomic mass is 35.5. The Bertz CT molecular complexity index is 533. The lowest BCUT2D eigenvalue weighted by Gasteiger charge is -2.07. The molecule has 2 N–H and O–H groups in total. The summed E-state index contributed by atoms with van der Waals surface area (Å²) < 4.78 is 13.5. The van der Waals surface area contributed by atoms with E-state index in [1.807, 2.05) is 0 Å². The first-order chi connectivity index (χ1) is 8.19. The Morgan fingerprint density at radius 3 is 2.71 bits per heavy atom. The van der Waals surface area contributed by atoms with Gasteiger partial charge in [0.2, 0.25) is 0 Å². The highest BCUT2D eigenvalue weighted by Crippen LogP contribution is 2.23. The topological polar surface area (TPSA) is 49.8 Å². The summed E-state index contributed by atoms with van der Waals surface area (Å²) in [5.41, 5.74) is 0.276. The third kappa shape index (κ3) is 2.82. The van der Waals surface area contributed by atoms with Crippen LogP contribution in [0.2, 0.25) is 5.02 Å². The van der Waals surface area contributed by atoms with Crippen molar-refractivity contribution < 1.29 is 4.39 Å². The number of hydrogen-bond acceptors (Lipinski definition) is 4. The van der Waals surface area contributed by atoms with Crippen LogP contribution in [-0.2, 0) is 0 Å². The Balaban J connectivity index is 2.27. The molecule has 1 heterocycles. The van der Waals surface area contributed by atoms with Gasteiger partial charge in [-0.15, -0.1) is 0 Å². The Morgan fingerprint density at radius 2 is 1.94 bits per heavy atom. The fourth-order valence-electron chi connectivity index (χ4n) is 1.29. The summed E-state index contributed by atoms with van der Waals surface area (Å²) in [6, 6.07) is 5.95. The van der Waals surface area contributed by atoms with Crippen molar-refractivity contribution >= 4 is 28.9 Å². The zero-order valence-corrected chi connectivity index (χ0v) is 9.79. The molecule has 6 heteroatoms. The fourth-order valence-corrected chi connectivity index (χ4v) is 1.47. The van der Waals surface area contributed by atoms with Crippen molar-refractivity contribution in [3.8, 4) is 0 Å². The van der Waals surface area contributed by atoms with E-state index in [4.69, 9.17) is 11.6 Å². The minimum Gasteiger partial charge on any atom is -0.373 e. The molecule has 0 aliphatic heterocycles. The maximum Gasteiger partial charge on any atom is 0.146 e. The molecule has 0 unspecified atom stereocenters. The summed E-state index contributed by atoms with van der Waals surface area (Å²) in [6.07, 6.45) is 1.39. The highest BCUT2D eigenvalue weighted by molar-refractivity contribution is 6.30. The van der Waals surface area contributed by atoms with Crippen LogP contribution in [0.1, 0.15) is 0 Å². The second-order valence-electron chi connectivity index (χ2n) is 3.29. The van der Waals surface area contributed by atoms with Crippen molar-refractivity contribution in [3.63, 3.8) is 0 Å². The number of anilines is 3. The number of hydrogen-bond donors (Lipinski definition) is 2. The zero-order valence-electron chi connectivity index (χ0n) is 9.04. The standard InChI is InChI=1S/C11H10ClFN4/c1-14-10-5-11(16-6-15-10)17-9-4-7(12)2-3-8(9)13/h2-6H,1H3,(H2,14,15,16,17). The molecular formula is C11H10ClFN4. The van der Waals surface area contributed by atoms with E-state index >= 15 is 0 Å². The monoisotopic (exact) mass is 252 g/mol. The number of nitrogens with one attached hydrogen (secondary N) is 2. The Morgan fingerprint density at radius 1 is 1.18 bits per heavy atom. The first kappa shape index (κ1) is 11.6. The van der Waals surface area contributed by atoms with Gasteiger partial charge < -0.3 is 10.6 Å². The molecular weight excluding hydrogens is 243 g/mol. The number of rotatable bonds is 3. The Hall–Kier alpha value is -1.88. The van der Waals surface area contributed by atoms with Gasteiger partial charge in [-0.05, 0) is 18.2 Å². The third-order valence-corrected chi connectivity index (χ3v) is 2.35. The first-order valence-corrected chi connectivity index (χ1v) is 5.28. The van der Waals surface area contributed by atoms with Crippen LogP contribution in [0.15, 0.2) is 30.6 Å². The van der Waals surface area contributed by atoms with Crippen molar-refractivity contribution in [3.05, 3.63) is 41.4 Å². The second kappa shape index (κ2) is 4.97. The van der Waals surface area contributed by atoms with Gasteiger partial charge in [0, 0.05) is 18.1 Å². The molecule has 0 aliphatic carbocycles. The third-order valence-electron chi connectivity index (χ3n) is 2.11. The van der Waals surface area contributed by atoms with Gasteiger partial charge in [0.15, 0.2) is 0 Å². The smallest absolute Gasteiger partial charge is 0.146 e.